The molecule has 42 heavy (non-hydrogen) atoms. The van der Waals surface area contributed by atoms with E-state index in [-0.39, 0.29) is 0 Å². The molecular formula is H2N42. The molecule has 0 aliphatic carbocycles. The van der Waals surface area contributed by atoms with Gasteiger partial charge >= 0.3 is 0 Å². The van der Waals surface area contributed by atoms with Crippen LogP contribution in [0.2, 0.25) is 0 Å². The average molecular weight is 590 g/mol. The zero-order chi connectivity index (χ0) is 30.3. The summed E-state index contributed by atoms with van der Waals surface area (Å²) in [6.45, 7) is 0. The van der Waals surface area contributed by atoms with Gasteiger partial charge in [0.1, 0.15) is 0 Å². The first-order chi connectivity index (χ1) is 20.9. The Morgan fingerprint density at radius 3 is 0.262 bits per heavy atom. The molecule has 0 saturated carbocycles. The van der Waals surface area contributed by atoms with Gasteiger partial charge in [0, 0.05) is 125 Å². The zero-order valence-electron chi connectivity index (χ0n) is 18.9. The Balaban J connectivity index is 4.03. The minimum atomic E-state index is 2.50. The van der Waals surface area contributed by atoms with Crippen LogP contribution in [0, 0.1) is 11.1 Å². The summed E-state index contributed by atoms with van der Waals surface area (Å²) >= 11 is 0. The monoisotopic (exact) mass is 590 g/mol. The van der Waals surface area contributed by atoms with Crippen molar-refractivity contribution in [2.75, 3.05) is 0 Å². The van der Waals surface area contributed by atoms with Crippen molar-refractivity contribution in [3.8, 4) is 0 Å². The summed E-state index contributed by atoms with van der Waals surface area (Å²) in [4.78, 5) is 0. The van der Waals surface area contributed by atoms with Gasteiger partial charge in [-0.2, -0.15) is 11.1 Å². The normalized spacial score (nSPS) is 15.0. The minimum Gasteiger partial charge on any atom is -0.183 e. The summed E-state index contributed by atoms with van der Waals surface area (Å²) in [6, 6.07) is 0. The van der Waals surface area contributed by atoms with Crippen LogP contribution in [-0.4, -0.2) is 0 Å². The first kappa shape index (κ1) is 33.6. The lowest BCUT2D eigenvalue weighted by molar-refractivity contribution is 0.726. The van der Waals surface area contributed by atoms with Crippen LogP contribution in [0.4, 0.5) is 0 Å². The molecule has 0 aromatic rings. The van der Waals surface area contributed by atoms with Crippen molar-refractivity contribution >= 4 is 0 Å². The molecule has 0 radical (unpaired) electrons. The Hall–Kier alpha value is -8.40. The fourth-order valence-electron chi connectivity index (χ4n) is 0.684. The Morgan fingerprint density at radius 1 is 0.119 bits per heavy atom. The van der Waals surface area contributed by atoms with Gasteiger partial charge in [0.25, 0.3) is 0 Å². The first-order valence-electron chi connectivity index (χ1n) is 8.25. The third-order valence-electron chi connectivity index (χ3n) is 1.57. The lowest BCUT2D eigenvalue weighted by Gasteiger charge is -1.70. The van der Waals surface area contributed by atoms with E-state index >= 15 is 0 Å². The third-order valence-corrected chi connectivity index (χ3v) is 1.57. The number of nitrogens with one attached hydrogen (secondary N) is 2. The van der Waals surface area contributed by atoms with E-state index in [1.54, 1.807) is 0 Å². The van der Waals surface area contributed by atoms with Gasteiger partial charge in [-0.05, 0) is 83.6 Å². The Kier molecular flexibility index (Phi) is 26.1. The smallest absolute Gasteiger partial charge is 0 e. The highest BCUT2D eigenvalue weighted by atomic mass is 15.7. The van der Waals surface area contributed by atoms with E-state index in [1.807, 2.05) is 0 Å². The molecule has 0 aliphatic heterocycles. The largest absolute Gasteiger partial charge is 0.183 e. The summed E-state index contributed by atoms with van der Waals surface area (Å²) in [6.07, 6.45) is 0. The van der Waals surface area contributed by atoms with E-state index in [1.165, 1.54) is 0 Å². The molecule has 2 N–H and O–H groups in total. The van der Waals surface area contributed by atoms with Crippen LogP contribution in [0.15, 0.2) is 209 Å². The van der Waals surface area contributed by atoms with Crippen molar-refractivity contribution in [1.29, 1.82) is 11.1 Å². The fourth-order valence-corrected chi connectivity index (χ4v) is 0.684. The highest BCUT2D eigenvalue weighted by Crippen LogP contribution is 1.92. The number of hydrogen-bond donors (Lipinski definition) is 2. The van der Waals surface area contributed by atoms with Crippen molar-refractivity contribution in [2.45, 2.75) is 0 Å². The van der Waals surface area contributed by atoms with Crippen LogP contribution in [0.5, 0.6) is 0 Å². The van der Waals surface area contributed by atoms with Crippen molar-refractivity contribution in [2.24, 2.45) is 209 Å². The summed E-state index contributed by atoms with van der Waals surface area (Å²) in [7, 11) is 0. The molecule has 0 aromatic heterocycles. The lowest BCUT2D eigenvalue weighted by Crippen LogP contribution is -1.52. The molecule has 0 aliphatic rings. The van der Waals surface area contributed by atoms with E-state index in [2.05, 4.69) is 209 Å². The van der Waals surface area contributed by atoms with E-state index in [4.69, 9.17) is 11.1 Å². The molecule has 42 heteroatoms. The second-order valence-electron chi connectivity index (χ2n) is 3.60. The van der Waals surface area contributed by atoms with Crippen molar-refractivity contribution in [1.82, 2.24) is 0 Å². The Labute approximate surface area is 221 Å². The topological polar surface area (TPSA) is 542 Å². The van der Waals surface area contributed by atoms with Gasteiger partial charge in [0.15, 0.2) is 0 Å². The Bertz CT molecular complexity index is 1160. The molecule has 0 unspecified atom stereocenters. The molecule has 0 amide bonds. The predicted molar refractivity (Wildman–Crippen MR) is 103 cm³/mol. The lowest BCUT2D eigenvalue weighted by atomic mass is 12.3. The summed E-state index contributed by atoms with van der Waals surface area (Å²) in [5.41, 5.74) is 12.5. The van der Waals surface area contributed by atoms with Crippen LogP contribution in [0.25, 0.3) is 0 Å². The van der Waals surface area contributed by atoms with Gasteiger partial charge in [-0.3, -0.25) is 0 Å². The predicted octanol–water partition coefficient (Wildman–Crippen LogP) is 7.94. The van der Waals surface area contributed by atoms with Gasteiger partial charge in [-0.25, -0.2) is 0 Å². The van der Waals surface area contributed by atoms with Crippen molar-refractivity contribution in [3.63, 3.8) is 0 Å². The molecule has 0 bridgehead atoms. The van der Waals surface area contributed by atoms with Gasteiger partial charge in [0.05, 0.1) is 0 Å². The van der Waals surface area contributed by atoms with Gasteiger partial charge in [0.2, 0.25) is 0 Å². The Morgan fingerprint density at radius 2 is 0.190 bits per heavy atom. The number of nitrogens with zero attached hydrogens (tertiary/aromatic N) is 40. The van der Waals surface area contributed by atoms with Crippen LogP contribution in [0.3, 0.4) is 0 Å². The quantitative estimate of drug-likeness (QED) is 0.101. The molecule has 0 atom stereocenters. The van der Waals surface area contributed by atoms with E-state index in [0.29, 0.717) is 0 Å². The summed E-state index contributed by atoms with van der Waals surface area (Å²) < 4.78 is 0. The van der Waals surface area contributed by atoms with Crippen molar-refractivity contribution < 1.29 is 0 Å². The molecule has 0 spiro atoms. The maximum Gasteiger partial charge on any atom is 0 e. The highest BCUT2D eigenvalue weighted by molar-refractivity contribution is 4.16. The summed E-state index contributed by atoms with van der Waals surface area (Å²) in [5, 5.41) is 118. The van der Waals surface area contributed by atoms with Crippen molar-refractivity contribution in [3.05, 3.63) is 0 Å². The molecule has 0 aromatic carbocycles. The van der Waals surface area contributed by atoms with Crippen LogP contribution in [-0.2, 0) is 0 Å². The number of hydrogen-bond acceptors (Lipinski definition) is 2. The van der Waals surface area contributed by atoms with Crippen LogP contribution in [0.1, 0.15) is 0 Å². The first-order valence-corrected chi connectivity index (χ1v) is 8.25. The van der Waals surface area contributed by atoms with Crippen LogP contribution >= 0.6 is 0 Å². The van der Waals surface area contributed by atoms with Crippen LogP contribution < -0.4 is 0 Å². The zero-order valence-corrected chi connectivity index (χ0v) is 18.9. The maximum atomic E-state index is 6.24. The van der Waals surface area contributed by atoms with Gasteiger partial charge in [-0.1, -0.05) is 0 Å². The molecule has 0 rings (SSSR count). The summed E-state index contributed by atoms with van der Waals surface area (Å²) in [5.74, 6) is 0. The molecule has 0 heterocycles. The van der Waals surface area contributed by atoms with Gasteiger partial charge in [-0.15, -0.1) is 0 Å². The second-order valence-corrected chi connectivity index (χ2v) is 3.60. The molecule has 0 fully saturated rings. The van der Waals surface area contributed by atoms with Gasteiger partial charge < -0.3 is 0 Å². The third kappa shape index (κ3) is 31.6. The molecule has 42 nitrogen and oxygen atoms in total. The van der Waals surface area contributed by atoms with E-state index in [0.717, 1.165) is 0 Å². The SMILES string of the molecule is N=N/N=N/N=N/N=N/N=N/N=N/N=N/N=N/N=N/N=N/N=N/N=N/N=N/N=N/N=N/N=N/N=N/N=N/N=N/N=N/N=N. The maximum absolute atomic E-state index is 6.24. The van der Waals surface area contributed by atoms with E-state index in [9.17, 15) is 0 Å². The average Bonchev–Trinajstić information content (AvgIpc) is 3.00. The van der Waals surface area contributed by atoms with E-state index < -0.39 is 0 Å². The number of rotatable bonds is 20. The second kappa shape index (κ2) is 32.6. The fraction of sp³-hybridized carbons (Fsp3) is 0. The highest BCUT2D eigenvalue weighted by Gasteiger charge is 1.74. The standard InChI is InChI=1S/H2N42/c1-3-5-7-9-11-13-15-17-19-21-23-25-27-29-31-33-35-37-39-41-42-40-38-36-34-32-30-28-26-24-22-20-18-16-14-12-10-8-6-4-2/h1-2H/b3-1?,4-2?,7-5+,8-6+,11-9+,12-10+,15-13+,16-14+,19-17+,20-18+,23-21+,24-22+,27-25+,28-26+,31-29+,32-30+,35-33+,36-34+,39-37+,40-38+,42-41+. The molecular weight excluding hydrogens is 588 g/mol. The molecule has 0 saturated heterocycles. The molecule has 212 valence electrons. The minimum absolute atomic E-state index is 2.50.